The monoisotopic (exact) mass is 394 g/mol. The molecule has 2 aromatic carbocycles. The van der Waals surface area contributed by atoms with Crippen LogP contribution in [0, 0.1) is 0 Å². The Kier molecular flexibility index (Phi) is 7.75. The maximum atomic E-state index is 12.2. The molecule has 0 aliphatic carbocycles. The second kappa shape index (κ2) is 10.0. The summed E-state index contributed by atoms with van der Waals surface area (Å²) < 4.78 is 5.41. The number of nitrogens with one attached hydrogen (secondary N) is 2. The molecule has 0 aliphatic heterocycles. The number of rotatable bonds is 8. The van der Waals surface area contributed by atoms with E-state index in [9.17, 15) is 9.59 Å². The molecule has 2 amide bonds. The van der Waals surface area contributed by atoms with E-state index in [1.165, 1.54) is 6.07 Å². The number of halogens is 2. The van der Waals surface area contributed by atoms with Crippen molar-refractivity contribution in [1.82, 2.24) is 0 Å². The Morgan fingerprint density at radius 2 is 1.65 bits per heavy atom. The van der Waals surface area contributed by atoms with E-state index in [1.54, 1.807) is 36.4 Å². The SMILES string of the molecule is CCCCC(=O)Nc1ccccc1NC(=O)COc1ccc(Cl)cc1Cl. The summed E-state index contributed by atoms with van der Waals surface area (Å²) in [5.74, 6) is -0.0867. The van der Waals surface area contributed by atoms with Crippen LogP contribution in [0.25, 0.3) is 0 Å². The minimum atomic E-state index is -0.369. The Balaban J connectivity index is 1.95. The summed E-state index contributed by atoms with van der Waals surface area (Å²) in [6.45, 7) is 1.80. The van der Waals surface area contributed by atoms with Crippen LogP contribution in [-0.4, -0.2) is 18.4 Å². The van der Waals surface area contributed by atoms with Crippen molar-refractivity contribution in [1.29, 1.82) is 0 Å². The van der Waals surface area contributed by atoms with Crippen LogP contribution in [0.1, 0.15) is 26.2 Å². The normalized spacial score (nSPS) is 10.3. The van der Waals surface area contributed by atoms with Gasteiger partial charge in [0.2, 0.25) is 5.91 Å². The number of hydrogen-bond acceptors (Lipinski definition) is 3. The van der Waals surface area contributed by atoms with Crippen molar-refractivity contribution in [3.05, 3.63) is 52.5 Å². The van der Waals surface area contributed by atoms with E-state index in [0.717, 1.165) is 12.8 Å². The van der Waals surface area contributed by atoms with Crippen LogP contribution in [0.3, 0.4) is 0 Å². The van der Waals surface area contributed by atoms with Crippen LogP contribution in [-0.2, 0) is 9.59 Å². The number of ether oxygens (including phenoxy) is 1. The largest absolute Gasteiger partial charge is 0.482 e. The first-order valence-electron chi connectivity index (χ1n) is 8.26. The van der Waals surface area contributed by atoms with Gasteiger partial charge in [0.1, 0.15) is 5.75 Å². The molecule has 0 saturated heterocycles. The van der Waals surface area contributed by atoms with E-state index in [1.807, 2.05) is 6.92 Å². The highest BCUT2D eigenvalue weighted by atomic mass is 35.5. The van der Waals surface area contributed by atoms with Gasteiger partial charge in [0, 0.05) is 11.4 Å². The van der Waals surface area contributed by atoms with Gasteiger partial charge in [0.15, 0.2) is 6.61 Å². The molecule has 2 rings (SSSR count). The quantitative estimate of drug-likeness (QED) is 0.651. The second-order valence-electron chi connectivity index (χ2n) is 5.61. The average Bonchev–Trinajstić information content (AvgIpc) is 2.61. The summed E-state index contributed by atoms with van der Waals surface area (Å²) in [6, 6.07) is 11.8. The lowest BCUT2D eigenvalue weighted by molar-refractivity contribution is -0.118. The lowest BCUT2D eigenvalue weighted by Crippen LogP contribution is -2.21. The summed E-state index contributed by atoms with van der Waals surface area (Å²) in [6.07, 6.45) is 2.20. The molecular weight excluding hydrogens is 375 g/mol. The summed E-state index contributed by atoms with van der Waals surface area (Å²) >= 11 is 11.8. The molecule has 0 radical (unpaired) electrons. The lowest BCUT2D eigenvalue weighted by atomic mass is 10.2. The average molecular weight is 395 g/mol. The topological polar surface area (TPSA) is 67.4 Å². The summed E-state index contributed by atoms with van der Waals surface area (Å²) in [4.78, 5) is 24.1. The second-order valence-corrected chi connectivity index (χ2v) is 6.45. The number of anilines is 2. The van der Waals surface area contributed by atoms with Crippen molar-refractivity contribution in [3.63, 3.8) is 0 Å². The fourth-order valence-corrected chi connectivity index (χ4v) is 2.64. The Morgan fingerprint density at radius 3 is 2.27 bits per heavy atom. The van der Waals surface area contributed by atoms with E-state index in [-0.39, 0.29) is 18.4 Å². The molecule has 7 heteroatoms. The number of carbonyl (C=O) groups is 2. The zero-order valence-corrected chi connectivity index (χ0v) is 15.9. The van der Waals surface area contributed by atoms with Crippen molar-refractivity contribution < 1.29 is 14.3 Å². The molecule has 0 heterocycles. The summed E-state index contributed by atoms with van der Waals surface area (Å²) in [7, 11) is 0. The van der Waals surface area contributed by atoms with E-state index in [0.29, 0.717) is 33.6 Å². The van der Waals surface area contributed by atoms with Gasteiger partial charge in [-0.1, -0.05) is 48.7 Å². The third kappa shape index (κ3) is 6.24. The maximum Gasteiger partial charge on any atom is 0.262 e. The minimum Gasteiger partial charge on any atom is -0.482 e. The first kappa shape index (κ1) is 20.1. The molecule has 0 aliphatic rings. The molecule has 0 saturated carbocycles. The van der Waals surface area contributed by atoms with E-state index in [4.69, 9.17) is 27.9 Å². The van der Waals surface area contributed by atoms with Gasteiger partial charge in [-0.3, -0.25) is 9.59 Å². The molecule has 138 valence electrons. The number of para-hydroxylation sites is 2. The highest BCUT2D eigenvalue weighted by Crippen LogP contribution is 2.27. The zero-order valence-electron chi connectivity index (χ0n) is 14.4. The van der Waals surface area contributed by atoms with Gasteiger partial charge in [0.05, 0.1) is 16.4 Å². The Morgan fingerprint density at radius 1 is 1.00 bits per heavy atom. The zero-order chi connectivity index (χ0) is 18.9. The van der Waals surface area contributed by atoms with Crippen molar-refractivity contribution >= 4 is 46.4 Å². The van der Waals surface area contributed by atoms with Gasteiger partial charge < -0.3 is 15.4 Å². The lowest BCUT2D eigenvalue weighted by Gasteiger charge is -2.13. The van der Waals surface area contributed by atoms with Crippen LogP contribution in [0.15, 0.2) is 42.5 Å². The molecule has 0 unspecified atom stereocenters. The van der Waals surface area contributed by atoms with Gasteiger partial charge >= 0.3 is 0 Å². The molecule has 0 spiro atoms. The molecular formula is C19H20Cl2N2O3. The standard InChI is InChI=1S/C19H20Cl2N2O3/c1-2-3-8-18(24)22-15-6-4-5-7-16(15)23-19(25)12-26-17-10-9-13(20)11-14(17)21/h4-7,9-11H,2-3,8,12H2,1H3,(H,22,24)(H,23,25). The summed E-state index contributed by atoms with van der Waals surface area (Å²) in [5, 5.41) is 6.35. The van der Waals surface area contributed by atoms with Crippen molar-refractivity contribution in [2.45, 2.75) is 26.2 Å². The van der Waals surface area contributed by atoms with Crippen LogP contribution >= 0.6 is 23.2 Å². The molecule has 0 bridgehead atoms. The fraction of sp³-hybridized carbons (Fsp3) is 0.263. The third-order valence-corrected chi connectivity index (χ3v) is 4.02. The highest BCUT2D eigenvalue weighted by molar-refractivity contribution is 6.35. The van der Waals surface area contributed by atoms with Gasteiger partial charge in [-0.25, -0.2) is 0 Å². The Labute approximate surface area is 162 Å². The first-order chi connectivity index (χ1) is 12.5. The predicted molar refractivity (Wildman–Crippen MR) is 105 cm³/mol. The summed E-state index contributed by atoms with van der Waals surface area (Å²) in [5.41, 5.74) is 1.06. The molecule has 26 heavy (non-hydrogen) atoms. The Hall–Kier alpha value is -2.24. The number of carbonyl (C=O) groups excluding carboxylic acids is 2. The van der Waals surface area contributed by atoms with Crippen LogP contribution in [0.2, 0.25) is 10.0 Å². The van der Waals surface area contributed by atoms with E-state index >= 15 is 0 Å². The number of benzene rings is 2. The third-order valence-electron chi connectivity index (χ3n) is 3.49. The number of amides is 2. The fourth-order valence-electron chi connectivity index (χ4n) is 2.17. The van der Waals surface area contributed by atoms with Crippen LogP contribution in [0.5, 0.6) is 5.75 Å². The molecule has 0 fully saturated rings. The molecule has 0 atom stereocenters. The first-order valence-corrected chi connectivity index (χ1v) is 9.01. The van der Waals surface area contributed by atoms with E-state index in [2.05, 4.69) is 10.6 Å². The van der Waals surface area contributed by atoms with Gasteiger partial charge in [-0.05, 0) is 36.8 Å². The van der Waals surface area contributed by atoms with Gasteiger partial charge in [0.25, 0.3) is 5.91 Å². The molecule has 2 N–H and O–H groups in total. The molecule has 2 aromatic rings. The maximum absolute atomic E-state index is 12.2. The van der Waals surface area contributed by atoms with Crippen LogP contribution < -0.4 is 15.4 Å². The molecule has 0 aromatic heterocycles. The molecule has 5 nitrogen and oxygen atoms in total. The Bertz CT molecular complexity index is 781. The van der Waals surface area contributed by atoms with Crippen molar-refractivity contribution in [2.24, 2.45) is 0 Å². The minimum absolute atomic E-state index is 0.0854. The number of unbranched alkanes of at least 4 members (excludes halogenated alkanes) is 1. The highest BCUT2D eigenvalue weighted by Gasteiger charge is 2.11. The van der Waals surface area contributed by atoms with Crippen molar-refractivity contribution in [2.75, 3.05) is 17.2 Å². The van der Waals surface area contributed by atoms with Crippen molar-refractivity contribution in [3.8, 4) is 5.75 Å². The van der Waals surface area contributed by atoms with Gasteiger partial charge in [-0.15, -0.1) is 0 Å². The van der Waals surface area contributed by atoms with E-state index < -0.39 is 0 Å². The number of hydrogen-bond donors (Lipinski definition) is 2. The van der Waals surface area contributed by atoms with Crippen LogP contribution in [0.4, 0.5) is 11.4 Å². The van der Waals surface area contributed by atoms with Gasteiger partial charge in [-0.2, -0.15) is 0 Å². The predicted octanol–water partition coefficient (Wildman–Crippen LogP) is 5.14. The smallest absolute Gasteiger partial charge is 0.262 e.